The van der Waals surface area contributed by atoms with Crippen molar-refractivity contribution in [3.8, 4) is 0 Å². The number of amides is 2. The predicted octanol–water partition coefficient (Wildman–Crippen LogP) is 2.07. The standard InChI is InChI=1S/C14H17N3O4/c1-15-11-8-10(6-7-12(11)17(20)21)9-16-13(18)4-2-3-5-14(16)19/h6-8,15H,2-5,9H2,1H3. The van der Waals surface area contributed by atoms with Gasteiger partial charge in [-0.2, -0.15) is 0 Å². The van der Waals surface area contributed by atoms with Gasteiger partial charge in [0.2, 0.25) is 11.8 Å². The zero-order chi connectivity index (χ0) is 15.4. The number of nitrogens with zero attached hydrogens (tertiary/aromatic N) is 2. The topological polar surface area (TPSA) is 92.6 Å². The molecule has 1 fully saturated rings. The van der Waals surface area contributed by atoms with Gasteiger partial charge in [-0.05, 0) is 24.5 Å². The highest BCUT2D eigenvalue weighted by Gasteiger charge is 2.24. The number of nitro groups is 1. The van der Waals surface area contributed by atoms with Crippen LogP contribution in [-0.2, 0) is 16.1 Å². The number of rotatable bonds is 4. The van der Waals surface area contributed by atoms with E-state index in [0.29, 0.717) is 24.1 Å². The van der Waals surface area contributed by atoms with Crippen LogP contribution in [-0.4, -0.2) is 28.7 Å². The zero-order valence-corrected chi connectivity index (χ0v) is 11.8. The number of hydrogen-bond donors (Lipinski definition) is 1. The Hall–Kier alpha value is -2.44. The minimum atomic E-state index is -0.474. The van der Waals surface area contributed by atoms with Gasteiger partial charge in [0.1, 0.15) is 5.69 Å². The molecule has 1 aliphatic rings. The second-order valence-electron chi connectivity index (χ2n) is 4.94. The van der Waals surface area contributed by atoms with Crippen LogP contribution in [0.5, 0.6) is 0 Å². The number of carbonyl (C=O) groups excluding carboxylic acids is 2. The smallest absolute Gasteiger partial charge is 0.292 e. The number of benzene rings is 1. The van der Waals surface area contributed by atoms with Crippen molar-refractivity contribution in [1.82, 2.24) is 4.90 Å². The van der Waals surface area contributed by atoms with Gasteiger partial charge in [-0.15, -0.1) is 0 Å². The molecule has 1 aliphatic heterocycles. The van der Waals surface area contributed by atoms with Crippen LogP contribution in [0.1, 0.15) is 31.2 Å². The Morgan fingerprint density at radius 2 is 1.86 bits per heavy atom. The monoisotopic (exact) mass is 291 g/mol. The number of nitro benzene ring substituents is 1. The molecule has 0 atom stereocenters. The van der Waals surface area contributed by atoms with Gasteiger partial charge in [-0.25, -0.2) is 0 Å². The second-order valence-corrected chi connectivity index (χ2v) is 4.94. The Morgan fingerprint density at radius 3 is 2.38 bits per heavy atom. The van der Waals surface area contributed by atoms with Gasteiger partial charge >= 0.3 is 0 Å². The summed E-state index contributed by atoms with van der Waals surface area (Å²) in [7, 11) is 1.59. The molecule has 112 valence electrons. The van der Waals surface area contributed by atoms with Gasteiger partial charge < -0.3 is 5.32 Å². The summed E-state index contributed by atoms with van der Waals surface area (Å²) in [5.74, 6) is -0.358. The summed E-state index contributed by atoms with van der Waals surface area (Å²) in [6, 6.07) is 4.56. The zero-order valence-electron chi connectivity index (χ0n) is 11.8. The van der Waals surface area contributed by atoms with Crippen LogP contribution in [0.4, 0.5) is 11.4 Å². The van der Waals surface area contributed by atoms with Gasteiger partial charge in [0, 0.05) is 26.0 Å². The summed E-state index contributed by atoms with van der Waals surface area (Å²) in [5.41, 5.74) is 1.02. The molecule has 0 aromatic heterocycles. The minimum Gasteiger partial charge on any atom is -0.383 e. The van der Waals surface area contributed by atoms with Gasteiger partial charge in [-0.3, -0.25) is 24.6 Å². The fourth-order valence-electron chi connectivity index (χ4n) is 2.36. The van der Waals surface area contributed by atoms with Crippen LogP contribution in [0, 0.1) is 10.1 Å². The third kappa shape index (κ3) is 3.36. The summed E-state index contributed by atoms with van der Waals surface area (Å²) in [5, 5.41) is 13.6. The van der Waals surface area contributed by atoms with Crippen molar-refractivity contribution in [1.29, 1.82) is 0 Å². The lowest BCUT2D eigenvalue weighted by molar-refractivity contribution is -0.384. The molecule has 7 nitrogen and oxygen atoms in total. The summed E-state index contributed by atoms with van der Waals surface area (Å²) in [4.78, 5) is 35.5. The van der Waals surface area contributed by atoms with E-state index in [1.54, 1.807) is 19.2 Å². The average molecular weight is 291 g/mol. The maximum Gasteiger partial charge on any atom is 0.292 e. The Labute approximate surface area is 122 Å². The minimum absolute atomic E-state index is 0.0326. The quantitative estimate of drug-likeness (QED) is 0.520. The molecular weight excluding hydrogens is 274 g/mol. The van der Waals surface area contributed by atoms with Crippen molar-refractivity contribution in [3.63, 3.8) is 0 Å². The molecule has 0 unspecified atom stereocenters. The molecule has 0 aliphatic carbocycles. The highest BCUT2D eigenvalue weighted by Crippen LogP contribution is 2.26. The third-order valence-electron chi connectivity index (χ3n) is 3.50. The van der Waals surface area contributed by atoms with E-state index in [9.17, 15) is 19.7 Å². The molecule has 2 rings (SSSR count). The molecule has 21 heavy (non-hydrogen) atoms. The molecule has 0 bridgehead atoms. The predicted molar refractivity (Wildman–Crippen MR) is 76.7 cm³/mol. The Morgan fingerprint density at radius 1 is 1.24 bits per heavy atom. The van der Waals surface area contributed by atoms with E-state index in [4.69, 9.17) is 0 Å². The molecule has 1 aromatic carbocycles. The fourth-order valence-corrected chi connectivity index (χ4v) is 2.36. The third-order valence-corrected chi connectivity index (χ3v) is 3.50. The summed E-state index contributed by atoms with van der Waals surface area (Å²) in [6.45, 7) is 0.157. The Kier molecular flexibility index (Phi) is 4.52. The molecule has 1 aromatic rings. The first-order chi connectivity index (χ1) is 10.0. The number of hydrogen-bond acceptors (Lipinski definition) is 5. The number of anilines is 1. The van der Waals surface area contributed by atoms with E-state index < -0.39 is 4.92 Å². The van der Waals surface area contributed by atoms with Gasteiger partial charge in [0.15, 0.2) is 0 Å². The lowest BCUT2D eigenvalue weighted by atomic mass is 10.1. The summed E-state index contributed by atoms with van der Waals surface area (Å²) >= 11 is 0. The van der Waals surface area contributed by atoms with E-state index in [2.05, 4.69) is 5.32 Å². The number of nitrogens with one attached hydrogen (secondary N) is 1. The normalized spacial score (nSPS) is 15.8. The van der Waals surface area contributed by atoms with Crippen molar-refractivity contribution >= 4 is 23.2 Å². The molecule has 1 N–H and O–H groups in total. The summed E-state index contributed by atoms with van der Waals surface area (Å²) < 4.78 is 0. The number of carbonyl (C=O) groups is 2. The average Bonchev–Trinajstić information content (AvgIpc) is 2.62. The highest BCUT2D eigenvalue weighted by atomic mass is 16.6. The van der Waals surface area contributed by atoms with Gasteiger partial charge in [0.25, 0.3) is 5.69 Å². The van der Waals surface area contributed by atoms with Crippen molar-refractivity contribution < 1.29 is 14.5 Å². The summed E-state index contributed by atoms with van der Waals surface area (Å²) in [6.07, 6.45) is 2.20. The highest BCUT2D eigenvalue weighted by molar-refractivity contribution is 5.96. The molecule has 7 heteroatoms. The van der Waals surface area contributed by atoms with Crippen LogP contribution >= 0.6 is 0 Å². The van der Waals surface area contributed by atoms with Crippen molar-refractivity contribution in [2.24, 2.45) is 0 Å². The first kappa shape index (κ1) is 15.0. The fraction of sp³-hybridized carbons (Fsp3) is 0.429. The maximum absolute atomic E-state index is 11.9. The lowest BCUT2D eigenvalue weighted by Crippen LogP contribution is -2.34. The Balaban J connectivity index is 2.24. The van der Waals surface area contributed by atoms with Crippen LogP contribution in [0.25, 0.3) is 0 Å². The second kappa shape index (κ2) is 6.34. The number of imide groups is 1. The largest absolute Gasteiger partial charge is 0.383 e. The molecule has 2 amide bonds. The SMILES string of the molecule is CNc1cc(CN2C(=O)CCCCC2=O)ccc1[N+](=O)[O-]. The van der Waals surface area contributed by atoms with Crippen LogP contribution < -0.4 is 5.32 Å². The van der Waals surface area contributed by atoms with Crippen molar-refractivity contribution in [2.45, 2.75) is 32.2 Å². The van der Waals surface area contributed by atoms with E-state index in [0.717, 1.165) is 12.8 Å². The molecule has 0 saturated carbocycles. The Bertz CT molecular complexity index is 568. The van der Waals surface area contributed by atoms with E-state index in [-0.39, 0.29) is 24.0 Å². The van der Waals surface area contributed by atoms with Crippen molar-refractivity contribution in [2.75, 3.05) is 12.4 Å². The van der Waals surface area contributed by atoms with Crippen LogP contribution in [0.3, 0.4) is 0 Å². The van der Waals surface area contributed by atoms with Crippen LogP contribution in [0.2, 0.25) is 0 Å². The molecular formula is C14H17N3O4. The molecule has 1 heterocycles. The number of likely N-dealkylation sites (tertiary alicyclic amines) is 1. The molecule has 0 radical (unpaired) electrons. The van der Waals surface area contributed by atoms with Crippen molar-refractivity contribution in [3.05, 3.63) is 33.9 Å². The van der Waals surface area contributed by atoms with Crippen LogP contribution in [0.15, 0.2) is 18.2 Å². The van der Waals surface area contributed by atoms with E-state index in [1.807, 2.05) is 0 Å². The first-order valence-electron chi connectivity index (χ1n) is 6.81. The maximum atomic E-state index is 11.9. The molecule has 0 spiro atoms. The first-order valence-corrected chi connectivity index (χ1v) is 6.81. The van der Waals surface area contributed by atoms with E-state index >= 15 is 0 Å². The molecule has 1 saturated heterocycles. The van der Waals surface area contributed by atoms with Gasteiger partial charge in [0.05, 0.1) is 11.5 Å². The van der Waals surface area contributed by atoms with E-state index in [1.165, 1.54) is 11.0 Å². The lowest BCUT2D eigenvalue weighted by Gasteiger charge is -2.19. The van der Waals surface area contributed by atoms with Gasteiger partial charge in [-0.1, -0.05) is 6.07 Å².